The second kappa shape index (κ2) is 8.76. The maximum atomic E-state index is 11.9. The highest BCUT2D eigenvalue weighted by Crippen LogP contribution is 2.23. The van der Waals surface area contributed by atoms with Crippen LogP contribution < -0.4 is 10.9 Å². The first-order valence-corrected chi connectivity index (χ1v) is 8.82. The molecule has 0 fully saturated rings. The Morgan fingerprint density at radius 3 is 2.38 bits per heavy atom. The van der Waals surface area contributed by atoms with Gasteiger partial charge in [-0.3, -0.25) is 20.4 Å². The second-order valence-electron chi connectivity index (χ2n) is 5.46. The van der Waals surface area contributed by atoms with Gasteiger partial charge in [-0.25, -0.2) is 0 Å². The molecule has 2 amide bonds. The van der Waals surface area contributed by atoms with Crippen molar-refractivity contribution in [2.75, 3.05) is 5.75 Å². The molecule has 0 aromatic heterocycles. The molecule has 0 saturated heterocycles. The summed E-state index contributed by atoms with van der Waals surface area (Å²) in [6.45, 7) is 4.02. The summed E-state index contributed by atoms with van der Waals surface area (Å²) >= 11 is 7.25. The number of nitrogens with one attached hydrogen (secondary N) is 2. The highest BCUT2D eigenvalue weighted by Gasteiger charge is 2.08. The minimum atomic E-state index is -0.276. The summed E-state index contributed by atoms with van der Waals surface area (Å²) in [5.74, 6) is -0.279. The molecule has 6 heteroatoms. The van der Waals surface area contributed by atoms with Gasteiger partial charge in [0.1, 0.15) is 0 Å². The molecule has 0 unspecified atom stereocenters. The average molecular weight is 363 g/mol. The number of thioether (sulfide) groups is 1. The number of aryl methyl sites for hydroxylation is 2. The Kier molecular flexibility index (Phi) is 6.70. The molecule has 0 atom stereocenters. The zero-order valence-corrected chi connectivity index (χ0v) is 15.1. The molecule has 4 nitrogen and oxygen atoms in total. The summed E-state index contributed by atoms with van der Waals surface area (Å²) in [5, 5.41) is 0.621. The predicted molar refractivity (Wildman–Crippen MR) is 98.1 cm³/mol. The Morgan fingerprint density at radius 1 is 1.00 bits per heavy atom. The fourth-order valence-electron chi connectivity index (χ4n) is 2.01. The van der Waals surface area contributed by atoms with E-state index in [1.54, 1.807) is 24.3 Å². The third-order valence-electron chi connectivity index (χ3n) is 3.32. The van der Waals surface area contributed by atoms with Crippen LogP contribution >= 0.6 is 23.4 Å². The topological polar surface area (TPSA) is 58.2 Å². The molecular weight excluding hydrogens is 344 g/mol. The van der Waals surface area contributed by atoms with Crippen LogP contribution in [-0.4, -0.2) is 17.6 Å². The molecule has 2 aromatic rings. The summed E-state index contributed by atoms with van der Waals surface area (Å²) in [5.41, 5.74) is 7.97. The third kappa shape index (κ3) is 5.91. The molecule has 0 bridgehead atoms. The molecule has 2 aromatic carbocycles. The fraction of sp³-hybridized carbons (Fsp3) is 0.222. The Hall–Kier alpha value is -1.98. The minimum absolute atomic E-state index is 0.182. The van der Waals surface area contributed by atoms with E-state index in [9.17, 15) is 9.59 Å². The van der Waals surface area contributed by atoms with E-state index in [4.69, 9.17) is 11.6 Å². The van der Waals surface area contributed by atoms with Crippen molar-refractivity contribution in [2.24, 2.45) is 0 Å². The Morgan fingerprint density at radius 2 is 1.67 bits per heavy atom. The number of halogens is 1. The van der Waals surface area contributed by atoms with E-state index < -0.39 is 0 Å². The number of carbonyl (C=O) groups is 2. The van der Waals surface area contributed by atoms with Crippen LogP contribution in [0.3, 0.4) is 0 Å². The van der Waals surface area contributed by atoms with Crippen LogP contribution in [0, 0.1) is 13.8 Å². The van der Waals surface area contributed by atoms with Gasteiger partial charge in [0.15, 0.2) is 0 Å². The Labute approximate surface area is 150 Å². The number of hydrazine groups is 1. The van der Waals surface area contributed by atoms with Gasteiger partial charge >= 0.3 is 0 Å². The van der Waals surface area contributed by atoms with E-state index in [1.807, 2.05) is 32.0 Å². The van der Waals surface area contributed by atoms with Crippen LogP contribution in [0.15, 0.2) is 47.4 Å². The highest BCUT2D eigenvalue weighted by molar-refractivity contribution is 8.00. The average Bonchev–Trinajstić information content (AvgIpc) is 2.56. The van der Waals surface area contributed by atoms with Gasteiger partial charge in [0, 0.05) is 9.92 Å². The van der Waals surface area contributed by atoms with Crippen LogP contribution in [0.1, 0.15) is 16.7 Å². The van der Waals surface area contributed by atoms with Crippen LogP contribution in [0.25, 0.3) is 0 Å². The van der Waals surface area contributed by atoms with E-state index >= 15 is 0 Å². The Bertz CT molecular complexity index is 732. The molecule has 0 spiro atoms. The quantitative estimate of drug-likeness (QED) is 0.632. The summed E-state index contributed by atoms with van der Waals surface area (Å²) < 4.78 is 0. The van der Waals surface area contributed by atoms with E-state index in [0.29, 0.717) is 5.02 Å². The van der Waals surface area contributed by atoms with Gasteiger partial charge < -0.3 is 0 Å². The fourth-order valence-corrected chi connectivity index (χ4v) is 3.06. The van der Waals surface area contributed by atoms with E-state index in [1.165, 1.54) is 11.8 Å². The lowest BCUT2D eigenvalue weighted by atomic mass is 10.1. The van der Waals surface area contributed by atoms with Crippen LogP contribution in [0.4, 0.5) is 0 Å². The zero-order valence-electron chi connectivity index (χ0n) is 13.6. The van der Waals surface area contributed by atoms with Crippen LogP contribution in [0.5, 0.6) is 0 Å². The Balaban J connectivity index is 1.75. The summed E-state index contributed by atoms with van der Waals surface area (Å²) in [4.78, 5) is 24.7. The monoisotopic (exact) mass is 362 g/mol. The van der Waals surface area contributed by atoms with Crippen molar-refractivity contribution < 1.29 is 9.59 Å². The van der Waals surface area contributed by atoms with Gasteiger partial charge in [-0.2, -0.15) is 0 Å². The number of amides is 2. The number of benzene rings is 2. The lowest BCUT2D eigenvalue weighted by Crippen LogP contribution is -2.43. The van der Waals surface area contributed by atoms with Crippen molar-refractivity contribution >= 4 is 35.2 Å². The lowest BCUT2D eigenvalue weighted by Gasteiger charge is -2.09. The van der Waals surface area contributed by atoms with Crippen molar-refractivity contribution in [3.8, 4) is 0 Å². The summed E-state index contributed by atoms with van der Waals surface area (Å²) in [6, 6.07) is 13.1. The van der Waals surface area contributed by atoms with Gasteiger partial charge in [0.2, 0.25) is 11.8 Å². The standard InChI is InChI=1S/C18H19ClN2O2S/c1-12-3-4-13(2)16(9-12)24-11-18(23)21-20-17(22)10-14-5-7-15(19)8-6-14/h3-9H,10-11H2,1-2H3,(H,20,22)(H,21,23). The largest absolute Gasteiger partial charge is 0.273 e. The SMILES string of the molecule is Cc1ccc(C)c(SCC(=O)NNC(=O)Cc2ccc(Cl)cc2)c1. The smallest absolute Gasteiger partial charge is 0.248 e. The normalized spacial score (nSPS) is 10.3. The van der Waals surface area contributed by atoms with Gasteiger partial charge in [0.25, 0.3) is 0 Å². The van der Waals surface area contributed by atoms with Gasteiger partial charge in [-0.1, -0.05) is 41.4 Å². The summed E-state index contributed by atoms with van der Waals surface area (Å²) in [6.07, 6.45) is 0.182. The van der Waals surface area contributed by atoms with Crippen molar-refractivity contribution in [3.63, 3.8) is 0 Å². The number of hydrogen-bond acceptors (Lipinski definition) is 3. The molecule has 2 N–H and O–H groups in total. The molecule has 0 heterocycles. The van der Waals surface area contributed by atoms with E-state index in [2.05, 4.69) is 10.9 Å². The zero-order chi connectivity index (χ0) is 17.5. The molecule has 2 rings (SSSR count). The van der Waals surface area contributed by atoms with Crippen molar-refractivity contribution in [3.05, 3.63) is 64.2 Å². The van der Waals surface area contributed by atoms with Gasteiger partial charge in [-0.05, 0) is 43.2 Å². The second-order valence-corrected chi connectivity index (χ2v) is 6.91. The van der Waals surface area contributed by atoms with E-state index in [-0.39, 0.29) is 24.0 Å². The first-order chi connectivity index (χ1) is 11.4. The van der Waals surface area contributed by atoms with Gasteiger partial charge in [-0.15, -0.1) is 11.8 Å². The molecule has 0 aliphatic carbocycles. The lowest BCUT2D eigenvalue weighted by molar-refractivity contribution is -0.127. The number of carbonyl (C=O) groups excluding carboxylic acids is 2. The maximum Gasteiger partial charge on any atom is 0.248 e. The summed E-state index contributed by atoms with van der Waals surface area (Å²) in [7, 11) is 0. The molecule has 0 aliphatic heterocycles. The molecule has 0 radical (unpaired) electrons. The van der Waals surface area contributed by atoms with E-state index in [0.717, 1.165) is 21.6 Å². The van der Waals surface area contributed by atoms with Crippen molar-refractivity contribution in [2.45, 2.75) is 25.2 Å². The third-order valence-corrected chi connectivity index (χ3v) is 4.73. The molecule has 126 valence electrons. The first kappa shape index (κ1) is 18.4. The highest BCUT2D eigenvalue weighted by atomic mass is 35.5. The van der Waals surface area contributed by atoms with Crippen LogP contribution in [-0.2, 0) is 16.0 Å². The maximum absolute atomic E-state index is 11.9. The molecule has 0 aliphatic rings. The molecular formula is C18H19ClN2O2S. The molecule has 0 saturated carbocycles. The van der Waals surface area contributed by atoms with Gasteiger partial charge in [0.05, 0.1) is 12.2 Å². The molecule has 24 heavy (non-hydrogen) atoms. The van der Waals surface area contributed by atoms with Crippen LogP contribution in [0.2, 0.25) is 5.02 Å². The van der Waals surface area contributed by atoms with Crippen molar-refractivity contribution in [1.29, 1.82) is 0 Å². The number of rotatable bonds is 5. The first-order valence-electron chi connectivity index (χ1n) is 7.46. The van der Waals surface area contributed by atoms with Crippen molar-refractivity contribution in [1.82, 2.24) is 10.9 Å². The number of hydrogen-bond donors (Lipinski definition) is 2. The predicted octanol–water partition coefficient (Wildman–Crippen LogP) is 3.44. The minimum Gasteiger partial charge on any atom is -0.273 e.